The Morgan fingerprint density at radius 1 is 1.15 bits per heavy atom. The zero-order valence-electron chi connectivity index (χ0n) is 15.4. The lowest BCUT2D eigenvalue weighted by Crippen LogP contribution is -2.49. The molecule has 138 valence electrons. The van der Waals surface area contributed by atoms with Gasteiger partial charge in [-0.3, -0.25) is 0 Å². The molecule has 0 amide bonds. The number of phenolic OH excluding ortho intramolecular Hbond substituents is 2. The van der Waals surface area contributed by atoms with E-state index >= 15 is 0 Å². The van der Waals surface area contributed by atoms with Gasteiger partial charge in [0.1, 0.15) is 6.04 Å². The van der Waals surface area contributed by atoms with Gasteiger partial charge in [-0.1, -0.05) is 0 Å². The van der Waals surface area contributed by atoms with Crippen LogP contribution in [0.25, 0.3) is 11.1 Å². The van der Waals surface area contributed by atoms with Gasteiger partial charge in [0.2, 0.25) is 0 Å². The summed E-state index contributed by atoms with van der Waals surface area (Å²) < 4.78 is 12.5. The molecule has 26 heavy (non-hydrogen) atoms. The predicted octanol–water partition coefficient (Wildman–Crippen LogP) is 3.77. The molecule has 0 saturated heterocycles. The van der Waals surface area contributed by atoms with E-state index < -0.39 is 0 Å². The molecule has 0 bridgehead atoms. The minimum absolute atomic E-state index is 0.132. The lowest BCUT2D eigenvalue weighted by molar-refractivity contribution is -0.923. The highest BCUT2D eigenvalue weighted by molar-refractivity contribution is 9.10. The number of rotatable bonds is 2. The van der Waals surface area contributed by atoms with Crippen molar-refractivity contribution < 1.29 is 24.2 Å². The van der Waals surface area contributed by atoms with Crippen LogP contribution >= 0.6 is 15.9 Å². The number of methoxy groups -OCH3 is 2. The highest BCUT2D eigenvalue weighted by Crippen LogP contribution is 2.57. The van der Waals surface area contributed by atoms with E-state index in [1.54, 1.807) is 20.3 Å². The van der Waals surface area contributed by atoms with E-state index in [1.165, 1.54) is 5.56 Å². The van der Waals surface area contributed by atoms with E-state index in [1.807, 2.05) is 6.07 Å². The Labute approximate surface area is 161 Å². The van der Waals surface area contributed by atoms with Crippen molar-refractivity contribution in [2.45, 2.75) is 18.9 Å². The Morgan fingerprint density at radius 3 is 2.54 bits per heavy atom. The topological polar surface area (TPSA) is 58.9 Å². The summed E-state index contributed by atoms with van der Waals surface area (Å²) in [5.41, 5.74) is 5.29. The van der Waals surface area contributed by atoms with Crippen molar-refractivity contribution in [3.63, 3.8) is 0 Å². The minimum Gasteiger partial charge on any atom is -0.504 e. The third-order valence-electron chi connectivity index (χ3n) is 5.92. The standard InChI is InChI=1S/C20H22BrNO4/c1-22(2)6-5-11-16-13(22)7-10-8-14(23)15(25-3)9-12(10)17(16)20(26-4)19(24)18(11)21/h8-9,13H,5-7H2,1-4H3,(H-,23,24)/p+1/t13-/m0/s1. The zero-order valence-corrected chi connectivity index (χ0v) is 17.0. The molecular weight excluding hydrogens is 398 g/mol. The summed E-state index contributed by atoms with van der Waals surface area (Å²) >= 11 is 3.59. The molecule has 2 aliphatic rings. The number of hydrogen-bond acceptors (Lipinski definition) is 4. The summed E-state index contributed by atoms with van der Waals surface area (Å²) in [4.78, 5) is 0. The number of likely N-dealkylation sites (N-methyl/N-ethyl adjacent to an activating group) is 1. The summed E-state index contributed by atoms with van der Waals surface area (Å²) in [6.07, 6.45) is 1.70. The van der Waals surface area contributed by atoms with Crippen molar-refractivity contribution in [2.24, 2.45) is 0 Å². The summed E-state index contributed by atoms with van der Waals surface area (Å²) in [5, 5.41) is 21.0. The second-order valence-corrected chi connectivity index (χ2v) is 8.41. The average Bonchev–Trinajstić information content (AvgIpc) is 2.60. The molecule has 1 heterocycles. The van der Waals surface area contributed by atoms with E-state index in [9.17, 15) is 10.2 Å². The number of halogens is 1. The van der Waals surface area contributed by atoms with Gasteiger partial charge in [0.15, 0.2) is 23.0 Å². The molecule has 0 radical (unpaired) electrons. The van der Waals surface area contributed by atoms with Gasteiger partial charge in [-0.05, 0) is 44.8 Å². The second kappa shape index (κ2) is 5.79. The average molecular weight is 421 g/mol. The molecular formula is C20H23BrNO4+. The van der Waals surface area contributed by atoms with Crippen LogP contribution < -0.4 is 9.47 Å². The first kappa shape index (κ1) is 17.5. The zero-order chi connectivity index (χ0) is 18.8. The molecule has 0 saturated carbocycles. The quantitative estimate of drug-likeness (QED) is 0.725. The molecule has 0 spiro atoms. The van der Waals surface area contributed by atoms with Crippen molar-refractivity contribution in [1.82, 2.24) is 0 Å². The number of benzene rings is 2. The van der Waals surface area contributed by atoms with E-state index in [4.69, 9.17) is 9.47 Å². The molecule has 4 rings (SSSR count). The SMILES string of the molecule is COc1cc2c(cc1O)C[C@H]1c3c(c(Br)c(O)c(OC)c3-2)CC[N+]1(C)C. The van der Waals surface area contributed by atoms with E-state index in [0.717, 1.165) is 50.6 Å². The Kier molecular flexibility index (Phi) is 3.90. The molecule has 1 aliphatic heterocycles. The number of aromatic hydroxyl groups is 2. The largest absolute Gasteiger partial charge is 0.504 e. The fraction of sp³-hybridized carbons (Fsp3) is 0.400. The Morgan fingerprint density at radius 2 is 1.88 bits per heavy atom. The molecule has 1 aliphatic carbocycles. The van der Waals surface area contributed by atoms with Crippen molar-refractivity contribution in [3.8, 4) is 34.1 Å². The van der Waals surface area contributed by atoms with Gasteiger partial charge < -0.3 is 24.2 Å². The van der Waals surface area contributed by atoms with Gasteiger partial charge in [-0.25, -0.2) is 0 Å². The summed E-state index contributed by atoms with van der Waals surface area (Å²) in [6.45, 7) is 0.985. The van der Waals surface area contributed by atoms with Gasteiger partial charge >= 0.3 is 0 Å². The number of phenols is 2. The van der Waals surface area contributed by atoms with Gasteiger partial charge in [0, 0.05) is 24.0 Å². The Bertz CT molecular complexity index is 923. The van der Waals surface area contributed by atoms with Crippen molar-refractivity contribution in [1.29, 1.82) is 0 Å². The molecule has 0 aromatic heterocycles. The fourth-order valence-corrected chi connectivity index (χ4v) is 5.06. The molecule has 6 heteroatoms. The fourth-order valence-electron chi connectivity index (χ4n) is 4.47. The monoisotopic (exact) mass is 420 g/mol. The van der Waals surface area contributed by atoms with Gasteiger partial charge in [0.25, 0.3) is 0 Å². The molecule has 0 unspecified atom stereocenters. The van der Waals surface area contributed by atoms with Crippen LogP contribution in [0.3, 0.4) is 0 Å². The smallest absolute Gasteiger partial charge is 0.173 e. The molecule has 5 nitrogen and oxygen atoms in total. The number of hydrogen-bond donors (Lipinski definition) is 2. The first-order valence-electron chi connectivity index (χ1n) is 8.64. The molecule has 1 atom stereocenters. The van der Waals surface area contributed by atoms with Crippen LogP contribution in [0.5, 0.6) is 23.0 Å². The van der Waals surface area contributed by atoms with Crippen LogP contribution in [0, 0.1) is 0 Å². The van der Waals surface area contributed by atoms with Crippen LogP contribution in [-0.4, -0.2) is 49.6 Å². The molecule has 0 fully saturated rings. The molecule has 2 aromatic rings. The van der Waals surface area contributed by atoms with E-state index in [2.05, 4.69) is 30.0 Å². The molecule has 2 aromatic carbocycles. The number of nitrogens with zero attached hydrogens (tertiary/aromatic N) is 1. The van der Waals surface area contributed by atoms with Crippen LogP contribution in [0.4, 0.5) is 0 Å². The van der Waals surface area contributed by atoms with Crippen LogP contribution in [0.2, 0.25) is 0 Å². The minimum atomic E-state index is 0.132. The Hall–Kier alpha value is -1.92. The molecule has 2 N–H and O–H groups in total. The van der Waals surface area contributed by atoms with E-state index in [-0.39, 0.29) is 17.5 Å². The van der Waals surface area contributed by atoms with Crippen LogP contribution in [-0.2, 0) is 12.8 Å². The highest BCUT2D eigenvalue weighted by Gasteiger charge is 2.44. The summed E-state index contributed by atoms with van der Waals surface area (Å²) in [6, 6.07) is 3.87. The second-order valence-electron chi connectivity index (χ2n) is 7.62. The predicted molar refractivity (Wildman–Crippen MR) is 103 cm³/mol. The van der Waals surface area contributed by atoms with Gasteiger partial charge in [0.05, 0.1) is 39.3 Å². The maximum absolute atomic E-state index is 10.8. The number of quaternary nitrogens is 1. The van der Waals surface area contributed by atoms with Gasteiger partial charge in [-0.15, -0.1) is 0 Å². The third kappa shape index (κ3) is 2.25. The first-order valence-corrected chi connectivity index (χ1v) is 9.43. The van der Waals surface area contributed by atoms with Crippen molar-refractivity contribution in [2.75, 3.05) is 34.9 Å². The normalized spacial score (nSPS) is 19.5. The third-order valence-corrected chi connectivity index (χ3v) is 6.77. The number of fused-ring (bicyclic) bond motifs is 2. The Balaban J connectivity index is 2.13. The number of ether oxygens (including phenoxy) is 2. The maximum Gasteiger partial charge on any atom is 0.173 e. The lowest BCUT2D eigenvalue weighted by Gasteiger charge is -2.46. The first-order chi connectivity index (χ1) is 12.3. The summed E-state index contributed by atoms with van der Waals surface area (Å²) in [7, 11) is 7.59. The maximum atomic E-state index is 10.8. The highest BCUT2D eigenvalue weighted by atomic mass is 79.9. The lowest BCUT2D eigenvalue weighted by atomic mass is 9.75. The van der Waals surface area contributed by atoms with Crippen molar-refractivity contribution in [3.05, 3.63) is 33.3 Å². The summed E-state index contributed by atoms with van der Waals surface area (Å²) in [5.74, 6) is 1.16. The van der Waals surface area contributed by atoms with Crippen LogP contribution in [0.15, 0.2) is 16.6 Å². The van der Waals surface area contributed by atoms with Gasteiger partial charge in [-0.2, -0.15) is 0 Å². The van der Waals surface area contributed by atoms with E-state index in [0.29, 0.717) is 11.5 Å². The van der Waals surface area contributed by atoms with Crippen molar-refractivity contribution >= 4 is 15.9 Å². The van der Waals surface area contributed by atoms with Crippen LogP contribution in [0.1, 0.15) is 22.7 Å².